The maximum atomic E-state index is 11.7. The lowest BCUT2D eigenvalue weighted by molar-refractivity contribution is -0.119. The molecule has 2 nitrogen and oxygen atoms in total. The van der Waals surface area contributed by atoms with Crippen LogP contribution >= 0.6 is 0 Å². The first kappa shape index (κ1) is 15.7. The molecule has 1 aromatic rings. The number of ether oxygens (including phenoxy) is 1. The van der Waals surface area contributed by atoms with Gasteiger partial charge in [0.15, 0.2) is 0 Å². The zero-order chi connectivity index (χ0) is 14.3. The summed E-state index contributed by atoms with van der Waals surface area (Å²) < 4.78 is 5.66. The van der Waals surface area contributed by atoms with Gasteiger partial charge in [0.25, 0.3) is 0 Å². The topological polar surface area (TPSA) is 26.3 Å². The summed E-state index contributed by atoms with van der Waals surface area (Å²) in [5.74, 6) is 1.71. The van der Waals surface area contributed by atoms with Crippen LogP contribution < -0.4 is 4.74 Å². The fourth-order valence-corrected chi connectivity index (χ4v) is 2.38. The average Bonchev–Trinajstić information content (AvgIpc) is 2.32. The van der Waals surface area contributed by atoms with E-state index in [0.29, 0.717) is 31.1 Å². The third-order valence-electron chi connectivity index (χ3n) is 3.19. The second-order valence-corrected chi connectivity index (χ2v) is 5.35. The van der Waals surface area contributed by atoms with Crippen molar-refractivity contribution in [1.29, 1.82) is 0 Å². The molecule has 1 aromatic carbocycles. The third-order valence-corrected chi connectivity index (χ3v) is 3.19. The molecule has 19 heavy (non-hydrogen) atoms. The summed E-state index contributed by atoms with van der Waals surface area (Å²) in [7, 11) is 0. The number of Topliss-reactive ketones (excluding diaryl/α,β-unsaturated/α-hetero) is 1. The van der Waals surface area contributed by atoms with Crippen molar-refractivity contribution in [2.75, 3.05) is 6.61 Å². The fourth-order valence-electron chi connectivity index (χ4n) is 2.38. The van der Waals surface area contributed by atoms with Crippen molar-refractivity contribution in [1.82, 2.24) is 0 Å². The van der Waals surface area contributed by atoms with Crippen LogP contribution in [0.15, 0.2) is 18.2 Å². The van der Waals surface area contributed by atoms with Gasteiger partial charge in [-0.2, -0.15) is 0 Å². The van der Waals surface area contributed by atoms with Crippen molar-refractivity contribution in [3.8, 4) is 5.75 Å². The number of hydrogen-bond acceptors (Lipinski definition) is 2. The van der Waals surface area contributed by atoms with E-state index >= 15 is 0 Å². The maximum Gasteiger partial charge on any atom is 0.133 e. The number of aryl methyl sites for hydroxylation is 1. The van der Waals surface area contributed by atoms with E-state index in [9.17, 15) is 4.79 Å². The molecular weight excluding hydrogens is 236 g/mol. The Morgan fingerprint density at radius 3 is 2.68 bits per heavy atom. The van der Waals surface area contributed by atoms with Crippen molar-refractivity contribution in [3.05, 3.63) is 29.3 Å². The highest BCUT2D eigenvalue weighted by molar-refractivity contribution is 5.78. The quantitative estimate of drug-likeness (QED) is 0.697. The summed E-state index contributed by atoms with van der Waals surface area (Å²) in [5.41, 5.74) is 2.46. The fraction of sp³-hybridized carbons (Fsp3) is 0.588. The van der Waals surface area contributed by atoms with Crippen molar-refractivity contribution < 1.29 is 9.53 Å². The zero-order valence-electron chi connectivity index (χ0n) is 12.7. The van der Waals surface area contributed by atoms with Crippen LogP contribution in [0.2, 0.25) is 0 Å². The average molecular weight is 262 g/mol. The SMILES string of the molecule is CCCC(=O)CC(C)Cc1cc(C)ccc1OCC. The summed E-state index contributed by atoms with van der Waals surface area (Å²) in [6.07, 6.45) is 3.23. The lowest BCUT2D eigenvalue weighted by Crippen LogP contribution is -2.09. The summed E-state index contributed by atoms with van der Waals surface area (Å²) in [6.45, 7) is 8.96. The van der Waals surface area contributed by atoms with Crippen molar-refractivity contribution in [2.45, 2.75) is 53.4 Å². The smallest absolute Gasteiger partial charge is 0.133 e. The molecule has 0 fully saturated rings. The van der Waals surface area contributed by atoms with E-state index in [2.05, 4.69) is 32.9 Å². The van der Waals surface area contributed by atoms with E-state index in [4.69, 9.17) is 4.74 Å². The molecule has 1 unspecified atom stereocenters. The second-order valence-electron chi connectivity index (χ2n) is 5.35. The standard InChI is InChI=1S/C17H26O2/c1-5-7-16(18)12-14(4)11-15-10-13(3)8-9-17(15)19-6-2/h8-10,14H,5-7,11-12H2,1-4H3. The molecule has 0 saturated heterocycles. The van der Waals surface area contributed by atoms with Gasteiger partial charge in [0, 0.05) is 12.8 Å². The molecule has 0 saturated carbocycles. The Labute approximate surface area is 117 Å². The van der Waals surface area contributed by atoms with Crippen LogP contribution in [0.25, 0.3) is 0 Å². The molecule has 0 aliphatic heterocycles. The molecule has 1 atom stereocenters. The molecule has 0 N–H and O–H groups in total. The lowest BCUT2D eigenvalue weighted by Gasteiger charge is -2.15. The van der Waals surface area contributed by atoms with Gasteiger partial charge in [-0.25, -0.2) is 0 Å². The van der Waals surface area contributed by atoms with Crippen LogP contribution in [0.3, 0.4) is 0 Å². The molecular formula is C17H26O2. The summed E-state index contributed by atoms with van der Waals surface area (Å²) >= 11 is 0. The predicted octanol–water partition coefficient (Wildman–Crippen LogP) is 4.33. The van der Waals surface area contributed by atoms with Crippen molar-refractivity contribution in [2.24, 2.45) is 5.92 Å². The number of ketones is 1. The Hall–Kier alpha value is -1.31. The highest BCUT2D eigenvalue weighted by atomic mass is 16.5. The molecule has 0 aromatic heterocycles. The highest BCUT2D eigenvalue weighted by Crippen LogP contribution is 2.24. The Morgan fingerprint density at radius 2 is 2.05 bits per heavy atom. The van der Waals surface area contributed by atoms with Gasteiger partial charge in [-0.3, -0.25) is 4.79 Å². The Morgan fingerprint density at radius 1 is 1.32 bits per heavy atom. The first-order chi connectivity index (χ1) is 9.06. The monoisotopic (exact) mass is 262 g/mol. The number of carbonyl (C=O) groups is 1. The first-order valence-corrected chi connectivity index (χ1v) is 7.30. The zero-order valence-corrected chi connectivity index (χ0v) is 12.7. The number of hydrogen-bond donors (Lipinski definition) is 0. The summed E-state index contributed by atoms with van der Waals surface area (Å²) in [5, 5.41) is 0. The van der Waals surface area contributed by atoms with Gasteiger partial charge < -0.3 is 4.74 Å². The van der Waals surface area contributed by atoms with Gasteiger partial charge in [-0.15, -0.1) is 0 Å². The van der Waals surface area contributed by atoms with Gasteiger partial charge in [-0.1, -0.05) is 31.5 Å². The molecule has 2 heteroatoms. The highest BCUT2D eigenvalue weighted by Gasteiger charge is 2.12. The molecule has 1 rings (SSSR count). The third kappa shape index (κ3) is 5.46. The molecule has 0 radical (unpaired) electrons. The van der Waals surface area contributed by atoms with Crippen molar-refractivity contribution >= 4 is 5.78 Å². The van der Waals surface area contributed by atoms with E-state index in [1.54, 1.807) is 0 Å². The number of benzene rings is 1. The second kappa shape index (κ2) is 7.98. The summed E-state index contributed by atoms with van der Waals surface area (Å²) in [6, 6.07) is 6.28. The van der Waals surface area contributed by atoms with E-state index < -0.39 is 0 Å². The van der Waals surface area contributed by atoms with Gasteiger partial charge in [0.2, 0.25) is 0 Å². The van der Waals surface area contributed by atoms with Crippen LogP contribution in [0.4, 0.5) is 0 Å². The Bertz CT molecular complexity index is 410. The van der Waals surface area contributed by atoms with E-state index in [1.807, 2.05) is 13.0 Å². The van der Waals surface area contributed by atoms with E-state index in [-0.39, 0.29) is 0 Å². The molecule has 0 aliphatic carbocycles. The lowest BCUT2D eigenvalue weighted by atomic mass is 9.93. The molecule has 0 aliphatic rings. The Kier molecular flexibility index (Phi) is 6.61. The van der Waals surface area contributed by atoms with Crippen LogP contribution in [0, 0.1) is 12.8 Å². The van der Waals surface area contributed by atoms with E-state index in [0.717, 1.165) is 18.6 Å². The molecule has 0 amide bonds. The number of rotatable bonds is 8. The number of carbonyl (C=O) groups excluding carboxylic acids is 1. The normalized spacial score (nSPS) is 12.2. The summed E-state index contributed by atoms with van der Waals surface area (Å²) in [4.78, 5) is 11.7. The van der Waals surface area contributed by atoms with Crippen molar-refractivity contribution in [3.63, 3.8) is 0 Å². The van der Waals surface area contributed by atoms with E-state index in [1.165, 1.54) is 11.1 Å². The first-order valence-electron chi connectivity index (χ1n) is 7.30. The minimum Gasteiger partial charge on any atom is -0.494 e. The molecule has 0 bridgehead atoms. The van der Waals surface area contributed by atoms with Gasteiger partial charge in [0.05, 0.1) is 6.61 Å². The largest absolute Gasteiger partial charge is 0.494 e. The van der Waals surface area contributed by atoms with Crippen LogP contribution in [0.5, 0.6) is 5.75 Å². The predicted molar refractivity (Wildman–Crippen MR) is 79.7 cm³/mol. The molecule has 0 spiro atoms. The molecule has 0 heterocycles. The van der Waals surface area contributed by atoms with Crippen LogP contribution in [0.1, 0.15) is 51.2 Å². The van der Waals surface area contributed by atoms with Gasteiger partial charge in [-0.05, 0) is 44.2 Å². The van der Waals surface area contributed by atoms with Gasteiger partial charge >= 0.3 is 0 Å². The Balaban J connectivity index is 2.69. The van der Waals surface area contributed by atoms with Gasteiger partial charge in [0.1, 0.15) is 11.5 Å². The van der Waals surface area contributed by atoms with Crippen LogP contribution in [-0.4, -0.2) is 12.4 Å². The minimum absolute atomic E-state index is 0.375. The molecule has 106 valence electrons. The minimum atomic E-state index is 0.375. The van der Waals surface area contributed by atoms with Crippen LogP contribution in [-0.2, 0) is 11.2 Å². The maximum absolute atomic E-state index is 11.7.